The van der Waals surface area contributed by atoms with Gasteiger partial charge in [0.1, 0.15) is 0 Å². The molecule has 1 rings (SSSR count). The summed E-state index contributed by atoms with van der Waals surface area (Å²) < 4.78 is 0. The molecule has 1 heterocycles. The van der Waals surface area contributed by atoms with Gasteiger partial charge in [-0.2, -0.15) is 0 Å². The van der Waals surface area contributed by atoms with Crippen molar-refractivity contribution in [2.24, 2.45) is 0 Å². The monoisotopic (exact) mass is 144 g/mol. The first-order chi connectivity index (χ1) is 4.72. The Morgan fingerprint density at radius 1 is 1.70 bits per heavy atom. The maximum atomic E-state index is 8.98. The van der Waals surface area contributed by atoms with Gasteiger partial charge < -0.3 is 10.4 Å². The third-order valence-corrected chi connectivity index (χ3v) is 1.89. The molecule has 0 bridgehead atoms. The zero-order chi connectivity index (χ0) is 7.56. The summed E-state index contributed by atoms with van der Waals surface area (Å²) in [6, 6.07) is 0.652. The van der Waals surface area contributed by atoms with Crippen molar-refractivity contribution < 1.29 is 5.11 Å². The number of hydrogen-bond donors (Lipinski definition) is 2. The van der Waals surface area contributed by atoms with E-state index < -0.39 is 0 Å². The lowest BCUT2D eigenvalue weighted by Gasteiger charge is -2.39. The minimum Gasteiger partial charge on any atom is -0.392 e. The summed E-state index contributed by atoms with van der Waals surface area (Å²) in [5.74, 6) is 0. The third kappa shape index (κ3) is 1.94. The second-order valence-electron chi connectivity index (χ2n) is 3.05. The number of aliphatic hydroxyl groups is 1. The van der Waals surface area contributed by atoms with Crippen LogP contribution in [-0.2, 0) is 0 Å². The highest BCUT2D eigenvalue weighted by Gasteiger charge is 2.25. The summed E-state index contributed by atoms with van der Waals surface area (Å²) >= 11 is 0. The summed E-state index contributed by atoms with van der Waals surface area (Å²) in [6.07, 6.45) is -0.183. The van der Waals surface area contributed by atoms with Gasteiger partial charge in [-0.05, 0) is 14.0 Å². The van der Waals surface area contributed by atoms with Crippen LogP contribution in [0.25, 0.3) is 0 Å². The number of likely N-dealkylation sites (tertiary alicyclic amines) is 1. The van der Waals surface area contributed by atoms with Gasteiger partial charge in [0.15, 0.2) is 0 Å². The van der Waals surface area contributed by atoms with E-state index in [-0.39, 0.29) is 6.10 Å². The van der Waals surface area contributed by atoms with Gasteiger partial charge in [0, 0.05) is 25.7 Å². The fourth-order valence-electron chi connectivity index (χ4n) is 1.28. The molecule has 0 amide bonds. The minimum atomic E-state index is -0.183. The molecule has 2 N–H and O–H groups in total. The Labute approximate surface area is 62.0 Å². The van der Waals surface area contributed by atoms with Crippen molar-refractivity contribution in [2.75, 3.05) is 26.7 Å². The molecule has 3 heteroatoms. The highest BCUT2D eigenvalue weighted by Crippen LogP contribution is 2.06. The number of rotatable bonds is 3. The number of hydrogen-bond acceptors (Lipinski definition) is 3. The van der Waals surface area contributed by atoms with Crippen LogP contribution >= 0.6 is 0 Å². The Morgan fingerprint density at radius 2 is 2.30 bits per heavy atom. The summed E-state index contributed by atoms with van der Waals surface area (Å²) in [4.78, 5) is 2.24. The van der Waals surface area contributed by atoms with Crippen LogP contribution in [-0.4, -0.2) is 48.8 Å². The topological polar surface area (TPSA) is 35.5 Å². The average molecular weight is 144 g/mol. The smallest absolute Gasteiger partial charge is 0.0639 e. The molecule has 0 spiro atoms. The maximum Gasteiger partial charge on any atom is 0.0639 e. The molecule has 0 aliphatic carbocycles. The summed E-state index contributed by atoms with van der Waals surface area (Å²) in [5.41, 5.74) is 0. The molecule has 0 saturated carbocycles. The quantitative estimate of drug-likeness (QED) is 0.548. The van der Waals surface area contributed by atoms with Crippen LogP contribution in [0.15, 0.2) is 0 Å². The maximum absolute atomic E-state index is 8.98. The Hall–Kier alpha value is -0.120. The molecule has 0 radical (unpaired) electrons. The van der Waals surface area contributed by atoms with Crippen molar-refractivity contribution >= 4 is 0 Å². The normalized spacial score (nSPS) is 24.3. The molecule has 10 heavy (non-hydrogen) atoms. The van der Waals surface area contributed by atoms with Crippen LogP contribution in [0.3, 0.4) is 0 Å². The molecule has 0 aromatic rings. The van der Waals surface area contributed by atoms with Gasteiger partial charge in [0.05, 0.1) is 6.10 Å². The van der Waals surface area contributed by atoms with Crippen molar-refractivity contribution in [1.29, 1.82) is 0 Å². The fourth-order valence-corrected chi connectivity index (χ4v) is 1.28. The van der Waals surface area contributed by atoms with Crippen LogP contribution in [0, 0.1) is 0 Å². The largest absolute Gasteiger partial charge is 0.392 e. The average Bonchev–Trinajstić information content (AvgIpc) is 1.76. The number of likely N-dealkylation sites (N-methyl/N-ethyl adjacent to an activating group) is 1. The number of aliphatic hydroxyl groups excluding tert-OH is 1. The summed E-state index contributed by atoms with van der Waals surface area (Å²) in [7, 11) is 1.98. The molecule has 0 unspecified atom stereocenters. The number of nitrogens with one attached hydrogen (secondary N) is 1. The predicted octanol–water partition coefficient (Wildman–Crippen LogP) is -0.729. The van der Waals surface area contributed by atoms with Crippen molar-refractivity contribution in [3.05, 3.63) is 0 Å². The lowest BCUT2D eigenvalue weighted by atomic mass is 10.1. The van der Waals surface area contributed by atoms with E-state index in [2.05, 4.69) is 10.2 Å². The molecule has 60 valence electrons. The van der Waals surface area contributed by atoms with Gasteiger partial charge in [-0.25, -0.2) is 0 Å². The van der Waals surface area contributed by atoms with E-state index in [0.29, 0.717) is 6.04 Å². The molecule has 0 aromatic carbocycles. The molecule has 1 aliphatic heterocycles. The molecule has 1 fully saturated rings. The second kappa shape index (κ2) is 3.32. The lowest BCUT2D eigenvalue weighted by Crippen LogP contribution is -2.58. The first-order valence-corrected chi connectivity index (χ1v) is 3.80. The Morgan fingerprint density at radius 3 is 2.70 bits per heavy atom. The number of nitrogens with zero attached hydrogens (tertiary/aromatic N) is 1. The highest BCUT2D eigenvalue weighted by atomic mass is 16.3. The highest BCUT2D eigenvalue weighted by molar-refractivity contribution is 4.84. The van der Waals surface area contributed by atoms with E-state index in [1.807, 2.05) is 14.0 Å². The van der Waals surface area contributed by atoms with Gasteiger partial charge in [0.25, 0.3) is 0 Å². The standard InChI is InChI=1S/C7H16N2O/c1-6(10)3-9-4-7(5-9)8-2/h6-8,10H,3-5H2,1-2H3/t6-/m1/s1. The van der Waals surface area contributed by atoms with Gasteiger partial charge in [-0.3, -0.25) is 4.90 Å². The van der Waals surface area contributed by atoms with Gasteiger partial charge in [-0.1, -0.05) is 0 Å². The van der Waals surface area contributed by atoms with E-state index in [1.54, 1.807) is 0 Å². The summed E-state index contributed by atoms with van der Waals surface area (Å²) in [6.45, 7) is 4.81. The summed E-state index contributed by atoms with van der Waals surface area (Å²) in [5, 5.41) is 12.2. The minimum absolute atomic E-state index is 0.183. The fraction of sp³-hybridized carbons (Fsp3) is 1.00. The third-order valence-electron chi connectivity index (χ3n) is 1.89. The van der Waals surface area contributed by atoms with E-state index >= 15 is 0 Å². The molecule has 3 nitrogen and oxygen atoms in total. The van der Waals surface area contributed by atoms with Crippen LogP contribution in [0.2, 0.25) is 0 Å². The lowest BCUT2D eigenvalue weighted by molar-refractivity contribution is 0.0668. The van der Waals surface area contributed by atoms with E-state index in [0.717, 1.165) is 19.6 Å². The van der Waals surface area contributed by atoms with Gasteiger partial charge in [0.2, 0.25) is 0 Å². The molecule has 1 aliphatic rings. The van der Waals surface area contributed by atoms with Crippen LogP contribution in [0.4, 0.5) is 0 Å². The van der Waals surface area contributed by atoms with E-state index in [4.69, 9.17) is 5.11 Å². The van der Waals surface area contributed by atoms with E-state index in [9.17, 15) is 0 Å². The molecule has 1 saturated heterocycles. The first-order valence-electron chi connectivity index (χ1n) is 3.80. The van der Waals surface area contributed by atoms with Gasteiger partial charge >= 0.3 is 0 Å². The number of β-amino-alcohol motifs (C(OH)–C–C–N with tert-alkyl or cyclic N) is 1. The SMILES string of the molecule is CNC1CN(C[C@@H](C)O)C1. The van der Waals surface area contributed by atoms with Crippen molar-refractivity contribution in [3.8, 4) is 0 Å². The Bertz CT molecular complexity index is 99.8. The molecular weight excluding hydrogens is 128 g/mol. The first kappa shape index (κ1) is 7.98. The Balaban J connectivity index is 2.03. The van der Waals surface area contributed by atoms with E-state index in [1.165, 1.54) is 0 Å². The Kier molecular flexibility index (Phi) is 2.65. The van der Waals surface area contributed by atoms with Crippen LogP contribution in [0.1, 0.15) is 6.92 Å². The second-order valence-corrected chi connectivity index (χ2v) is 3.05. The van der Waals surface area contributed by atoms with Crippen LogP contribution < -0.4 is 5.32 Å². The molecule has 1 atom stereocenters. The van der Waals surface area contributed by atoms with Crippen molar-refractivity contribution in [1.82, 2.24) is 10.2 Å². The van der Waals surface area contributed by atoms with Crippen molar-refractivity contribution in [2.45, 2.75) is 19.1 Å². The zero-order valence-corrected chi connectivity index (χ0v) is 6.67. The predicted molar refractivity (Wildman–Crippen MR) is 41.0 cm³/mol. The van der Waals surface area contributed by atoms with Crippen LogP contribution in [0.5, 0.6) is 0 Å². The van der Waals surface area contributed by atoms with Crippen molar-refractivity contribution in [3.63, 3.8) is 0 Å². The molecule has 0 aromatic heterocycles. The van der Waals surface area contributed by atoms with Gasteiger partial charge in [-0.15, -0.1) is 0 Å². The zero-order valence-electron chi connectivity index (χ0n) is 6.67. The molecular formula is C7H16N2O.